The highest BCUT2D eigenvalue weighted by Crippen LogP contribution is 2.17. The van der Waals surface area contributed by atoms with E-state index in [1.165, 1.54) is 0 Å². The van der Waals surface area contributed by atoms with E-state index in [4.69, 9.17) is 0 Å². The van der Waals surface area contributed by atoms with Crippen LogP contribution in [0.4, 0.5) is 11.6 Å². The van der Waals surface area contributed by atoms with Crippen molar-refractivity contribution >= 4 is 11.6 Å². The first-order valence-electron chi connectivity index (χ1n) is 6.71. The van der Waals surface area contributed by atoms with Gasteiger partial charge in [-0.2, -0.15) is 0 Å². The molecule has 0 aliphatic carbocycles. The van der Waals surface area contributed by atoms with Gasteiger partial charge in [0.25, 0.3) is 0 Å². The van der Waals surface area contributed by atoms with Crippen molar-refractivity contribution in [2.24, 2.45) is 0 Å². The number of nitrogens with zero attached hydrogens (tertiary/aromatic N) is 4. The molecule has 1 fully saturated rings. The molecule has 1 saturated heterocycles. The van der Waals surface area contributed by atoms with Crippen molar-refractivity contribution < 1.29 is 0 Å². The van der Waals surface area contributed by atoms with Gasteiger partial charge in [0, 0.05) is 38.3 Å². The molecule has 1 aliphatic heterocycles. The number of hydrogen-bond acceptors (Lipinski definition) is 5. The highest BCUT2D eigenvalue weighted by molar-refractivity contribution is 5.48. The average Bonchev–Trinajstić information content (AvgIpc) is 2.40. The second-order valence-electron chi connectivity index (χ2n) is 4.96. The van der Waals surface area contributed by atoms with Crippen LogP contribution >= 0.6 is 0 Å². The number of rotatable bonds is 4. The molecule has 2 rings (SSSR count). The van der Waals surface area contributed by atoms with Crippen LogP contribution in [0.5, 0.6) is 0 Å². The standard InChI is InChI=1S/C13H23N5/c1-4-5-14-12-8-13(16-10-15-12)18-7-6-17(3)11(2)9-18/h8,10-11H,4-7,9H2,1-3H3,(H,14,15,16). The Morgan fingerprint density at radius 1 is 1.39 bits per heavy atom. The van der Waals surface area contributed by atoms with Crippen molar-refractivity contribution in [2.45, 2.75) is 26.3 Å². The van der Waals surface area contributed by atoms with E-state index < -0.39 is 0 Å². The molecule has 1 aromatic heterocycles. The third kappa shape index (κ3) is 3.10. The second-order valence-corrected chi connectivity index (χ2v) is 4.96. The van der Waals surface area contributed by atoms with E-state index in [1.54, 1.807) is 6.33 Å². The Morgan fingerprint density at radius 2 is 2.22 bits per heavy atom. The van der Waals surface area contributed by atoms with Crippen LogP contribution in [-0.4, -0.2) is 54.1 Å². The maximum atomic E-state index is 4.39. The second kappa shape index (κ2) is 6.00. The Balaban J connectivity index is 2.04. The molecule has 0 radical (unpaired) electrons. The van der Waals surface area contributed by atoms with Crippen molar-refractivity contribution in [3.05, 3.63) is 12.4 Å². The molecule has 0 bridgehead atoms. The number of piperazine rings is 1. The molecule has 0 aromatic carbocycles. The van der Waals surface area contributed by atoms with Gasteiger partial charge in [-0.05, 0) is 20.4 Å². The topological polar surface area (TPSA) is 44.3 Å². The summed E-state index contributed by atoms with van der Waals surface area (Å²) in [7, 11) is 2.18. The summed E-state index contributed by atoms with van der Waals surface area (Å²) < 4.78 is 0. The summed E-state index contributed by atoms with van der Waals surface area (Å²) in [5.41, 5.74) is 0. The third-order valence-electron chi connectivity index (χ3n) is 3.49. The minimum absolute atomic E-state index is 0.570. The molecule has 0 amide bonds. The number of hydrogen-bond donors (Lipinski definition) is 1. The largest absolute Gasteiger partial charge is 0.370 e. The lowest BCUT2D eigenvalue weighted by Gasteiger charge is -2.38. The van der Waals surface area contributed by atoms with Crippen LogP contribution in [0.15, 0.2) is 12.4 Å². The number of likely N-dealkylation sites (N-methyl/N-ethyl adjacent to an activating group) is 1. The zero-order chi connectivity index (χ0) is 13.0. The van der Waals surface area contributed by atoms with Gasteiger partial charge < -0.3 is 15.1 Å². The molecule has 0 spiro atoms. The fraction of sp³-hybridized carbons (Fsp3) is 0.692. The summed E-state index contributed by atoms with van der Waals surface area (Å²) in [6.07, 6.45) is 2.75. The Kier molecular flexibility index (Phi) is 4.36. The van der Waals surface area contributed by atoms with Crippen LogP contribution in [0.3, 0.4) is 0 Å². The van der Waals surface area contributed by atoms with E-state index in [2.05, 4.69) is 46.0 Å². The fourth-order valence-electron chi connectivity index (χ4n) is 2.13. The van der Waals surface area contributed by atoms with Gasteiger partial charge >= 0.3 is 0 Å². The summed E-state index contributed by atoms with van der Waals surface area (Å²) in [6.45, 7) is 8.51. The SMILES string of the molecule is CCCNc1cc(N2CCN(C)C(C)C2)ncn1. The number of anilines is 2. The molecule has 1 N–H and O–H groups in total. The maximum absolute atomic E-state index is 4.39. The highest BCUT2D eigenvalue weighted by Gasteiger charge is 2.21. The van der Waals surface area contributed by atoms with Gasteiger partial charge in [0.15, 0.2) is 0 Å². The predicted octanol–water partition coefficient (Wildman–Crippen LogP) is 1.44. The van der Waals surface area contributed by atoms with Crippen LogP contribution in [0.25, 0.3) is 0 Å². The first-order valence-corrected chi connectivity index (χ1v) is 6.71. The van der Waals surface area contributed by atoms with Crippen molar-refractivity contribution in [2.75, 3.05) is 43.4 Å². The molecule has 1 unspecified atom stereocenters. The van der Waals surface area contributed by atoms with Crippen LogP contribution in [0.1, 0.15) is 20.3 Å². The Hall–Kier alpha value is -1.36. The van der Waals surface area contributed by atoms with Crippen molar-refractivity contribution in [3.8, 4) is 0 Å². The summed E-state index contributed by atoms with van der Waals surface area (Å²) in [5, 5.41) is 3.31. The first-order chi connectivity index (χ1) is 8.70. The van der Waals surface area contributed by atoms with Crippen LogP contribution in [0.2, 0.25) is 0 Å². The molecule has 0 saturated carbocycles. The normalized spacial score (nSPS) is 21.1. The summed E-state index contributed by atoms with van der Waals surface area (Å²) >= 11 is 0. The van der Waals surface area contributed by atoms with E-state index in [9.17, 15) is 0 Å². The lowest BCUT2D eigenvalue weighted by Crippen LogP contribution is -2.50. The van der Waals surface area contributed by atoms with Gasteiger partial charge in [-0.1, -0.05) is 6.92 Å². The lowest BCUT2D eigenvalue weighted by atomic mass is 10.2. The monoisotopic (exact) mass is 249 g/mol. The summed E-state index contributed by atoms with van der Waals surface area (Å²) in [4.78, 5) is 13.4. The molecule has 2 heterocycles. The van der Waals surface area contributed by atoms with E-state index in [1.807, 2.05) is 6.07 Å². The van der Waals surface area contributed by atoms with Crippen LogP contribution < -0.4 is 10.2 Å². The van der Waals surface area contributed by atoms with Gasteiger partial charge in [-0.3, -0.25) is 0 Å². The van der Waals surface area contributed by atoms with E-state index in [-0.39, 0.29) is 0 Å². The molecular formula is C13H23N5. The van der Waals surface area contributed by atoms with Gasteiger partial charge in [-0.25, -0.2) is 9.97 Å². The van der Waals surface area contributed by atoms with Gasteiger partial charge in [0.05, 0.1) is 0 Å². The minimum atomic E-state index is 0.570. The quantitative estimate of drug-likeness (QED) is 0.874. The minimum Gasteiger partial charge on any atom is -0.370 e. The number of aromatic nitrogens is 2. The Morgan fingerprint density at radius 3 is 2.94 bits per heavy atom. The Labute approximate surface area is 109 Å². The summed E-state index contributed by atoms with van der Waals surface area (Å²) in [6, 6.07) is 2.62. The molecule has 5 nitrogen and oxygen atoms in total. The highest BCUT2D eigenvalue weighted by atomic mass is 15.3. The first kappa shape index (κ1) is 13.1. The van der Waals surface area contributed by atoms with Gasteiger partial charge in [-0.15, -0.1) is 0 Å². The molecule has 1 aliphatic rings. The number of nitrogens with one attached hydrogen (secondary N) is 1. The van der Waals surface area contributed by atoms with Gasteiger partial charge in [0.2, 0.25) is 0 Å². The predicted molar refractivity (Wildman–Crippen MR) is 75.1 cm³/mol. The van der Waals surface area contributed by atoms with Crippen molar-refractivity contribution in [3.63, 3.8) is 0 Å². The molecule has 5 heteroatoms. The molecule has 100 valence electrons. The zero-order valence-electron chi connectivity index (χ0n) is 11.6. The van der Waals surface area contributed by atoms with Gasteiger partial charge in [0.1, 0.15) is 18.0 Å². The van der Waals surface area contributed by atoms with E-state index in [0.29, 0.717) is 6.04 Å². The van der Waals surface area contributed by atoms with E-state index in [0.717, 1.165) is 44.2 Å². The van der Waals surface area contributed by atoms with Crippen LogP contribution in [-0.2, 0) is 0 Å². The summed E-state index contributed by atoms with van der Waals surface area (Å²) in [5.74, 6) is 1.96. The molecular weight excluding hydrogens is 226 g/mol. The average molecular weight is 249 g/mol. The van der Waals surface area contributed by atoms with E-state index >= 15 is 0 Å². The molecule has 1 atom stereocenters. The Bertz CT molecular complexity index is 381. The molecule has 18 heavy (non-hydrogen) atoms. The van der Waals surface area contributed by atoms with Crippen LogP contribution in [0, 0.1) is 0 Å². The maximum Gasteiger partial charge on any atom is 0.134 e. The fourth-order valence-corrected chi connectivity index (χ4v) is 2.13. The zero-order valence-corrected chi connectivity index (χ0v) is 11.6. The van der Waals surface area contributed by atoms with Crippen molar-refractivity contribution in [1.29, 1.82) is 0 Å². The smallest absolute Gasteiger partial charge is 0.134 e. The molecule has 1 aromatic rings. The van der Waals surface area contributed by atoms with Crippen molar-refractivity contribution in [1.82, 2.24) is 14.9 Å². The lowest BCUT2D eigenvalue weighted by molar-refractivity contribution is 0.233. The third-order valence-corrected chi connectivity index (χ3v) is 3.49.